The van der Waals surface area contributed by atoms with Crippen molar-refractivity contribution in [1.29, 1.82) is 0 Å². The van der Waals surface area contributed by atoms with Crippen LogP contribution in [-0.2, 0) is 0 Å². The van der Waals surface area contributed by atoms with Crippen molar-refractivity contribution in [3.8, 4) is 0 Å². The molecule has 1 aromatic carbocycles. The summed E-state index contributed by atoms with van der Waals surface area (Å²) < 4.78 is 0. The van der Waals surface area contributed by atoms with Crippen molar-refractivity contribution in [2.24, 2.45) is 0 Å². The first-order valence-electron chi connectivity index (χ1n) is 4.71. The third-order valence-corrected chi connectivity index (χ3v) is 2.53. The Labute approximate surface area is 86.5 Å². The minimum Gasteiger partial charge on any atom is -0.366 e. The fourth-order valence-corrected chi connectivity index (χ4v) is 1.58. The zero-order chi connectivity index (χ0) is 10.8. The standard InChI is InChI=1S/C10H10N2O3/c13-7-8-2-3-9(11-4-1-5-11)10(6-8)12(14)15/h2-3,6-7H,1,4-5H2. The van der Waals surface area contributed by atoms with Crippen molar-refractivity contribution in [3.05, 3.63) is 33.9 Å². The molecule has 0 N–H and O–H groups in total. The molecular weight excluding hydrogens is 196 g/mol. The minimum atomic E-state index is -0.444. The van der Waals surface area contributed by atoms with E-state index in [1.165, 1.54) is 6.07 Å². The number of hydrogen-bond acceptors (Lipinski definition) is 4. The smallest absolute Gasteiger partial charge is 0.293 e. The molecule has 0 radical (unpaired) electrons. The highest BCUT2D eigenvalue weighted by molar-refractivity contribution is 5.79. The van der Waals surface area contributed by atoms with Gasteiger partial charge in [-0.15, -0.1) is 0 Å². The van der Waals surface area contributed by atoms with Crippen molar-refractivity contribution < 1.29 is 9.72 Å². The van der Waals surface area contributed by atoms with Crippen molar-refractivity contribution in [1.82, 2.24) is 0 Å². The van der Waals surface area contributed by atoms with Gasteiger partial charge in [0.2, 0.25) is 0 Å². The van der Waals surface area contributed by atoms with E-state index in [0.29, 0.717) is 17.5 Å². The van der Waals surface area contributed by atoms with E-state index in [2.05, 4.69) is 0 Å². The molecule has 1 aliphatic rings. The number of hydrogen-bond donors (Lipinski definition) is 0. The van der Waals surface area contributed by atoms with Gasteiger partial charge in [0, 0.05) is 24.7 Å². The summed E-state index contributed by atoms with van der Waals surface area (Å²) in [7, 11) is 0. The Morgan fingerprint density at radius 1 is 1.40 bits per heavy atom. The van der Waals surface area contributed by atoms with Gasteiger partial charge in [0.05, 0.1) is 4.92 Å². The summed E-state index contributed by atoms with van der Waals surface area (Å²) in [5, 5.41) is 10.8. The molecule has 5 nitrogen and oxygen atoms in total. The molecule has 0 amide bonds. The molecule has 78 valence electrons. The lowest BCUT2D eigenvalue weighted by molar-refractivity contribution is -0.384. The lowest BCUT2D eigenvalue weighted by Gasteiger charge is -2.32. The maximum atomic E-state index is 10.8. The Kier molecular flexibility index (Phi) is 2.37. The van der Waals surface area contributed by atoms with E-state index >= 15 is 0 Å². The van der Waals surface area contributed by atoms with Crippen LogP contribution >= 0.6 is 0 Å². The number of carbonyl (C=O) groups is 1. The van der Waals surface area contributed by atoms with Crippen LogP contribution in [0, 0.1) is 10.1 Å². The second kappa shape index (κ2) is 3.68. The molecule has 0 unspecified atom stereocenters. The molecule has 1 aliphatic heterocycles. The van der Waals surface area contributed by atoms with Crippen LogP contribution in [0.4, 0.5) is 11.4 Å². The van der Waals surface area contributed by atoms with E-state index < -0.39 is 4.92 Å². The summed E-state index contributed by atoms with van der Waals surface area (Å²) in [6.45, 7) is 1.70. The topological polar surface area (TPSA) is 63.5 Å². The first-order valence-corrected chi connectivity index (χ1v) is 4.71. The molecule has 5 heteroatoms. The third-order valence-electron chi connectivity index (χ3n) is 2.53. The maximum Gasteiger partial charge on any atom is 0.293 e. The SMILES string of the molecule is O=Cc1ccc(N2CCC2)c([N+](=O)[O-])c1. The Morgan fingerprint density at radius 3 is 2.60 bits per heavy atom. The molecule has 0 atom stereocenters. The summed E-state index contributed by atoms with van der Waals surface area (Å²) in [5.74, 6) is 0. The molecule has 0 spiro atoms. The highest BCUT2D eigenvalue weighted by atomic mass is 16.6. The van der Waals surface area contributed by atoms with Gasteiger partial charge in [0.25, 0.3) is 5.69 Å². The molecule has 1 heterocycles. The van der Waals surface area contributed by atoms with Gasteiger partial charge in [-0.2, -0.15) is 0 Å². The molecule has 2 rings (SSSR count). The first-order chi connectivity index (χ1) is 7.22. The predicted molar refractivity (Wildman–Crippen MR) is 55.3 cm³/mol. The van der Waals surface area contributed by atoms with Crippen LogP contribution in [0.3, 0.4) is 0 Å². The van der Waals surface area contributed by atoms with Gasteiger partial charge in [-0.05, 0) is 18.6 Å². The number of nitrogens with zero attached hydrogens (tertiary/aromatic N) is 2. The van der Waals surface area contributed by atoms with Gasteiger partial charge in [0.1, 0.15) is 12.0 Å². The number of carbonyl (C=O) groups excluding carboxylic acids is 1. The summed E-state index contributed by atoms with van der Waals surface area (Å²) in [6.07, 6.45) is 1.68. The fourth-order valence-electron chi connectivity index (χ4n) is 1.58. The number of nitro groups is 1. The van der Waals surface area contributed by atoms with E-state index in [0.717, 1.165) is 19.5 Å². The molecular formula is C10H10N2O3. The Morgan fingerprint density at radius 2 is 2.13 bits per heavy atom. The molecule has 1 saturated heterocycles. The Bertz CT molecular complexity index is 413. The van der Waals surface area contributed by atoms with Crippen LogP contribution in [0.1, 0.15) is 16.8 Å². The van der Waals surface area contributed by atoms with Gasteiger partial charge in [-0.3, -0.25) is 14.9 Å². The molecule has 0 aromatic heterocycles. The van der Waals surface area contributed by atoms with Gasteiger partial charge in [-0.25, -0.2) is 0 Å². The lowest BCUT2D eigenvalue weighted by atomic mass is 10.1. The van der Waals surface area contributed by atoms with Crippen molar-refractivity contribution >= 4 is 17.7 Å². The highest BCUT2D eigenvalue weighted by Gasteiger charge is 2.23. The third kappa shape index (κ3) is 1.68. The van der Waals surface area contributed by atoms with Crippen LogP contribution in [0.5, 0.6) is 0 Å². The monoisotopic (exact) mass is 206 g/mol. The van der Waals surface area contributed by atoms with Crippen LogP contribution in [0.2, 0.25) is 0 Å². The van der Waals surface area contributed by atoms with E-state index in [9.17, 15) is 14.9 Å². The molecule has 1 aromatic rings. The number of aldehydes is 1. The average molecular weight is 206 g/mol. The van der Waals surface area contributed by atoms with Gasteiger partial charge >= 0.3 is 0 Å². The fraction of sp³-hybridized carbons (Fsp3) is 0.300. The molecule has 1 fully saturated rings. The second-order valence-electron chi connectivity index (χ2n) is 3.46. The lowest BCUT2D eigenvalue weighted by Crippen LogP contribution is -2.37. The second-order valence-corrected chi connectivity index (χ2v) is 3.46. The van der Waals surface area contributed by atoms with Crippen molar-refractivity contribution in [2.45, 2.75) is 6.42 Å². The van der Waals surface area contributed by atoms with Crippen LogP contribution in [0.15, 0.2) is 18.2 Å². The summed E-state index contributed by atoms with van der Waals surface area (Å²) >= 11 is 0. The van der Waals surface area contributed by atoms with E-state index in [1.807, 2.05) is 4.90 Å². The maximum absolute atomic E-state index is 10.8. The Hall–Kier alpha value is -1.91. The summed E-state index contributed by atoms with van der Waals surface area (Å²) in [4.78, 5) is 22.8. The number of nitro benzene ring substituents is 1. The van der Waals surface area contributed by atoms with Gasteiger partial charge < -0.3 is 4.90 Å². The number of anilines is 1. The minimum absolute atomic E-state index is 0.0132. The zero-order valence-corrected chi connectivity index (χ0v) is 8.05. The van der Waals surface area contributed by atoms with E-state index in [-0.39, 0.29) is 5.69 Å². The molecule has 15 heavy (non-hydrogen) atoms. The molecule has 0 bridgehead atoms. The van der Waals surface area contributed by atoms with E-state index in [4.69, 9.17) is 0 Å². The van der Waals surface area contributed by atoms with Crippen LogP contribution in [0.25, 0.3) is 0 Å². The zero-order valence-electron chi connectivity index (χ0n) is 8.05. The number of rotatable bonds is 3. The Balaban J connectivity index is 2.43. The first kappa shape index (κ1) is 9.64. The quantitative estimate of drug-likeness (QED) is 0.428. The van der Waals surface area contributed by atoms with Crippen molar-refractivity contribution in [2.75, 3.05) is 18.0 Å². The van der Waals surface area contributed by atoms with Gasteiger partial charge in [0.15, 0.2) is 0 Å². The van der Waals surface area contributed by atoms with Crippen molar-refractivity contribution in [3.63, 3.8) is 0 Å². The normalized spacial score (nSPS) is 14.5. The molecule has 0 saturated carbocycles. The molecule has 0 aliphatic carbocycles. The number of benzene rings is 1. The highest BCUT2D eigenvalue weighted by Crippen LogP contribution is 2.31. The van der Waals surface area contributed by atoms with Crippen LogP contribution in [-0.4, -0.2) is 24.3 Å². The van der Waals surface area contributed by atoms with E-state index in [1.54, 1.807) is 12.1 Å². The summed E-state index contributed by atoms with van der Waals surface area (Å²) in [6, 6.07) is 4.56. The average Bonchev–Trinajstić information content (AvgIpc) is 2.15. The predicted octanol–water partition coefficient (Wildman–Crippen LogP) is 1.62. The summed E-state index contributed by atoms with van der Waals surface area (Å²) in [5.41, 5.74) is 0.960. The largest absolute Gasteiger partial charge is 0.366 e. The van der Waals surface area contributed by atoms with Crippen LogP contribution < -0.4 is 4.90 Å². The van der Waals surface area contributed by atoms with Gasteiger partial charge in [-0.1, -0.05) is 0 Å².